The maximum atomic E-state index is 11.9. The SMILES string of the molecule is CCOC(=O)[C@H](O)[C@H](Oc1ccccc1[N+](=O)[O-])c1ccccc1. The van der Waals surface area contributed by atoms with E-state index >= 15 is 0 Å². The number of nitrogens with zero attached hydrogens (tertiary/aromatic N) is 1. The van der Waals surface area contributed by atoms with Gasteiger partial charge in [-0.05, 0) is 18.6 Å². The number of carbonyl (C=O) groups is 1. The van der Waals surface area contributed by atoms with Gasteiger partial charge in [0.1, 0.15) is 0 Å². The molecule has 0 fully saturated rings. The molecule has 2 aromatic rings. The van der Waals surface area contributed by atoms with Crippen LogP contribution in [0.15, 0.2) is 54.6 Å². The molecule has 1 N–H and O–H groups in total. The number of esters is 1. The average molecular weight is 331 g/mol. The molecular weight excluding hydrogens is 314 g/mol. The third kappa shape index (κ3) is 4.08. The predicted octanol–water partition coefficient (Wildman–Crippen LogP) is 2.64. The number of ether oxygens (including phenoxy) is 2. The van der Waals surface area contributed by atoms with E-state index in [1.54, 1.807) is 43.3 Å². The van der Waals surface area contributed by atoms with Crippen LogP contribution in [0.5, 0.6) is 5.75 Å². The molecule has 7 heteroatoms. The molecule has 2 rings (SSSR count). The molecule has 0 saturated heterocycles. The zero-order chi connectivity index (χ0) is 17.5. The van der Waals surface area contributed by atoms with Gasteiger partial charge in [0.15, 0.2) is 18.0 Å². The Bertz CT molecular complexity index is 703. The first-order valence-electron chi connectivity index (χ1n) is 7.34. The Hall–Kier alpha value is -2.93. The second kappa shape index (κ2) is 8.07. The van der Waals surface area contributed by atoms with Crippen LogP contribution in [0.1, 0.15) is 18.6 Å². The minimum Gasteiger partial charge on any atom is -0.475 e. The van der Waals surface area contributed by atoms with Crippen LogP contribution in [0.25, 0.3) is 0 Å². The molecule has 0 saturated carbocycles. The predicted molar refractivity (Wildman–Crippen MR) is 85.5 cm³/mol. The molecule has 0 aliphatic heterocycles. The number of benzene rings is 2. The Labute approximate surface area is 138 Å². The lowest BCUT2D eigenvalue weighted by atomic mass is 10.0. The van der Waals surface area contributed by atoms with Gasteiger partial charge in [-0.25, -0.2) is 4.79 Å². The summed E-state index contributed by atoms with van der Waals surface area (Å²) >= 11 is 0. The fourth-order valence-corrected chi connectivity index (χ4v) is 2.15. The molecule has 0 unspecified atom stereocenters. The number of rotatable bonds is 7. The third-order valence-corrected chi connectivity index (χ3v) is 3.26. The van der Waals surface area contributed by atoms with E-state index < -0.39 is 23.1 Å². The summed E-state index contributed by atoms with van der Waals surface area (Å²) in [4.78, 5) is 22.4. The van der Waals surface area contributed by atoms with E-state index in [9.17, 15) is 20.0 Å². The van der Waals surface area contributed by atoms with Crippen molar-refractivity contribution >= 4 is 11.7 Å². The smallest absolute Gasteiger partial charge is 0.339 e. The Kier molecular flexibility index (Phi) is 5.86. The van der Waals surface area contributed by atoms with Crippen molar-refractivity contribution in [3.63, 3.8) is 0 Å². The number of aliphatic hydroxyl groups is 1. The topological polar surface area (TPSA) is 98.9 Å². The van der Waals surface area contributed by atoms with Crippen molar-refractivity contribution < 1.29 is 24.3 Å². The highest BCUT2D eigenvalue weighted by molar-refractivity contribution is 5.75. The van der Waals surface area contributed by atoms with Crippen LogP contribution in [0, 0.1) is 10.1 Å². The fourth-order valence-electron chi connectivity index (χ4n) is 2.15. The lowest BCUT2D eigenvalue weighted by Crippen LogP contribution is -2.33. The molecule has 0 aromatic heterocycles. The van der Waals surface area contributed by atoms with E-state index in [1.807, 2.05) is 0 Å². The second-order valence-electron chi connectivity index (χ2n) is 4.87. The highest BCUT2D eigenvalue weighted by Gasteiger charge is 2.32. The first-order chi connectivity index (χ1) is 11.5. The molecule has 0 spiro atoms. The largest absolute Gasteiger partial charge is 0.475 e. The number of nitro groups is 1. The molecule has 0 heterocycles. The maximum absolute atomic E-state index is 11.9. The summed E-state index contributed by atoms with van der Waals surface area (Å²) in [5.74, 6) is -0.898. The summed E-state index contributed by atoms with van der Waals surface area (Å²) in [6.45, 7) is 1.72. The van der Waals surface area contributed by atoms with Crippen molar-refractivity contribution in [2.75, 3.05) is 6.61 Å². The summed E-state index contributed by atoms with van der Waals surface area (Å²) in [5.41, 5.74) is 0.241. The van der Waals surface area contributed by atoms with Crippen molar-refractivity contribution in [2.45, 2.75) is 19.1 Å². The molecular formula is C17H17NO6. The standard InChI is InChI=1S/C17H17NO6/c1-2-23-17(20)15(19)16(12-8-4-3-5-9-12)24-14-11-7-6-10-13(14)18(21)22/h3-11,15-16,19H,2H2,1H3/t15-,16-/m1/s1. The van der Waals surface area contributed by atoms with Gasteiger partial charge in [-0.1, -0.05) is 42.5 Å². The van der Waals surface area contributed by atoms with Crippen LogP contribution >= 0.6 is 0 Å². The molecule has 126 valence electrons. The molecule has 7 nitrogen and oxygen atoms in total. The number of hydrogen-bond acceptors (Lipinski definition) is 6. The quantitative estimate of drug-likeness (QED) is 0.476. The van der Waals surface area contributed by atoms with Crippen LogP contribution in [-0.4, -0.2) is 28.7 Å². The minimum absolute atomic E-state index is 0.0419. The minimum atomic E-state index is -1.62. The van der Waals surface area contributed by atoms with Gasteiger partial charge in [-0.15, -0.1) is 0 Å². The van der Waals surface area contributed by atoms with Gasteiger partial charge in [0.05, 0.1) is 11.5 Å². The number of nitro benzene ring substituents is 1. The van der Waals surface area contributed by atoms with Crippen LogP contribution in [0.4, 0.5) is 5.69 Å². The summed E-state index contributed by atoms with van der Waals surface area (Å²) in [6, 6.07) is 14.3. The summed E-state index contributed by atoms with van der Waals surface area (Å²) in [7, 11) is 0. The number of para-hydroxylation sites is 2. The van der Waals surface area contributed by atoms with Crippen molar-refractivity contribution in [2.24, 2.45) is 0 Å². The van der Waals surface area contributed by atoms with E-state index in [1.165, 1.54) is 18.2 Å². The highest BCUT2D eigenvalue weighted by Crippen LogP contribution is 2.32. The summed E-state index contributed by atoms with van der Waals surface area (Å²) in [5, 5.41) is 21.4. The van der Waals surface area contributed by atoms with Crippen LogP contribution < -0.4 is 4.74 Å². The zero-order valence-electron chi connectivity index (χ0n) is 13.0. The molecule has 0 radical (unpaired) electrons. The van der Waals surface area contributed by atoms with Gasteiger partial charge < -0.3 is 14.6 Å². The van der Waals surface area contributed by atoms with Gasteiger partial charge in [-0.3, -0.25) is 10.1 Å². The lowest BCUT2D eigenvalue weighted by Gasteiger charge is -2.23. The molecule has 24 heavy (non-hydrogen) atoms. The van der Waals surface area contributed by atoms with E-state index in [4.69, 9.17) is 9.47 Å². The first kappa shape index (κ1) is 17.4. The molecule has 2 aromatic carbocycles. The van der Waals surface area contributed by atoms with Crippen molar-refractivity contribution in [1.82, 2.24) is 0 Å². The van der Waals surface area contributed by atoms with Crippen LogP contribution in [0.2, 0.25) is 0 Å². The van der Waals surface area contributed by atoms with Gasteiger partial charge in [0.2, 0.25) is 0 Å². The van der Waals surface area contributed by atoms with Crippen molar-refractivity contribution in [3.05, 3.63) is 70.3 Å². The average Bonchev–Trinajstić information content (AvgIpc) is 2.60. The second-order valence-corrected chi connectivity index (χ2v) is 4.87. The zero-order valence-corrected chi connectivity index (χ0v) is 13.0. The molecule has 2 atom stereocenters. The lowest BCUT2D eigenvalue weighted by molar-refractivity contribution is -0.386. The number of aliphatic hydroxyl groups excluding tert-OH is 1. The Morgan fingerprint density at radius 1 is 1.17 bits per heavy atom. The number of carbonyl (C=O) groups excluding carboxylic acids is 1. The molecule has 0 bridgehead atoms. The normalized spacial score (nSPS) is 12.9. The van der Waals surface area contributed by atoms with E-state index in [0.717, 1.165) is 0 Å². The van der Waals surface area contributed by atoms with Gasteiger partial charge in [-0.2, -0.15) is 0 Å². The summed E-state index contributed by atoms with van der Waals surface area (Å²) in [6.07, 6.45) is -2.75. The molecule has 0 amide bonds. The molecule has 0 aliphatic carbocycles. The Balaban J connectivity index is 2.37. The Morgan fingerprint density at radius 3 is 2.42 bits per heavy atom. The first-order valence-corrected chi connectivity index (χ1v) is 7.34. The fraction of sp³-hybridized carbons (Fsp3) is 0.235. The number of hydrogen-bond donors (Lipinski definition) is 1. The Morgan fingerprint density at radius 2 is 1.79 bits per heavy atom. The van der Waals surface area contributed by atoms with Crippen molar-refractivity contribution in [1.29, 1.82) is 0 Å². The van der Waals surface area contributed by atoms with Gasteiger partial charge in [0, 0.05) is 6.07 Å². The van der Waals surface area contributed by atoms with E-state index in [2.05, 4.69) is 0 Å². The highest BCUT2D eigenvalue weighted by atomic mass is 16.6. The van der Waals surface area contributed by atoms with Crippen LogP contribution in [-0.2, 0) is 9.53 Å². The summed E-state index contributed by atoms with van der Waals surface area (Å²) < 4.78 is 10.4. The molecule has 0 aliphatic rings. The maximum Gasteiger partial charge on any atom is 0.339 e. The third-order valence-electron chi connectivity index (χ3n) is 3.26. The van der Waals surface area contributed by atoms with Crippen molar-refractivity contribution in [3.8, 4) is 5.75 Å². The van der Waals surface area contributed by atoms with E-state index in [0.29, 0.717) is 5.56 Å². The van der Waals surface area contributed by atoms with Gasteiger partial charge in [0.25, 0.3) is 0 Å². The monoisotopic (exact) mass is 331 g/mol. The van der Waals surface area contributed by atoms with E-state index in [-0.39, 0.29) is 18.0 Å². The van der Waals surface area contributed by atoms with Gasteiger partial charge >= 0.3 is 11.7 Å². The van der Waals surface area contributed by atoms with Crippen LogP contribution in [0.3, 0.4) is 0 Å².